The number of rotatable bonds is 4. The lowest BCUT2D eigenvalue weighted by atomic mass is 10.1. The zero-order valence-electron chi connectivity index (χ0n) is 14.4. The second kappa shape index (κ2) is 7.14. The highest BCUT2D eigenvalue weighted by atomic mass is 19.4. The predicted octanol–water partition coefficient (Wildman–Crippen LogP) is 4.61. The van der Waals surface area contributed by atoms with Crippen molar-refractivity contribution in [3.8, 4) is 5.75 Å². The highest BCUT2D eigenvalue weighted by Crippen LogP contribution is 2.29. The monoisotopic (exact) mass is 376 g/mol. The van der Waals surface area contributed by atoms with E-state index in [1.54, 1.807) is 19.1 Å². The van der Waals surface area contributed by atoms with Crippen LogP contribution in [0.1, 0.15) is 28.6 Å². The lowest BCUT2D eigenvalue weighted by Crippen LogP contribution is -2.19. The van der Waals surface area contributed by atoms with Crippen LogP contribution >= 0.6 is 0 Å². The van der Waals surface area contributed by atoms with Crippen LogP contribution in [-0.2, 0) is 6.18 Å². The van der Waals surface area contributed by atoms with Gasteiger partial charge in [-0.25, -0.2) is 5.43 Å². The Labute approximate surface area is 152 Å². The molecule has 5 nitrogen and oxygen atoms in total. The maximum Gasteiger partial charge on any atom is 0.416 e. The van der Waals surface area contributed by atoms with Gasteiger partial charge in [0.15, 0.2) is 17.1 Å². The van der Waals surface area contributed by atoms with Gasteiger partial charge in [0.2, 0.25) is 0 Å². The van der Waals surface area contributed by atoms with Crippen LogP contribution in [0.15, 0.2) is 58.0 Å². The van der Waals surface area contributed by atoms with Crippen LogP contribution < -0.4 is 10.2 Å². The van der Waals surface area contributed by atoms with Crippen molar-refractivity contribution in [2.75, 3.05) is 7.11 Å². The summed E-state index contributed by atoms with van der Waals surface area (Å²) < 4.78 is 48.6. The van der Waals surface area contributed by atoms with Crippen molar-refractivity contribution < 1.29 is 27.1 Å². The van der Waals surface area contributed by atoms with Crippen molar-refractivity contribution in [1.29, 1.82) is 0 Å². The first-order valence-corrected chi connectivity index (χ1v) is 7.88. The minimum atomic E-state index is -4.45. The first kappa shape index (κ1) is 18.5. The van der Waals surface area contributed by atoms with Crippen molar-refractivity contribution >= 4 is 22.6 Å². The number of methoxy groups -OCH3 is 1. The molecule has 1 aromatic heterocycles. The third kappa shape index (κ3) is 3.94. The van der Waals surface area contributed by atoms with Crippen molar-refractivity contribution in [1.82, 2.24) is 5.43 Å². The summed E-state index contributed by atoms with van der Waals surface area (Å²) in [6.45, 7) is 1.64. The fourth-order valence-corrected chi connectivity index (χ4v) is 2.44. The number of hydrogen-bond donors (Lipinski definition) is 1. The molecule has 0 fully saturated rings. The predicted molar refractivity (Wildman–Crippen MR) is 93.9 cm³/mol. The summed E-state index contributed by atoms with van der Waals surface area (Å²) in [4.78, 5) is 12.1. The minimum absolute atomic E-state index is 0.0609. The Balaban J connectivity index is 1.76. The van der Waals surface area contributed by atoms with E-state index in [2.05, 4.69) is 10.5 Å². The fraction of sp³-hybridized carbons (Fsp3) is 0.158. The van der Waals surface area contributed by atoms with Crippen LogP contribution in [0.2, 0.25) is 0 Å². The number of alkyl halides is 3. The number of furan rings is 1. The maximum absolute atomic E-state index is 12.6. The number of carbonyl (C=O) groups is 1. The van der Waals surface area contributed by atoms with Gasteiger partial charge in [0.25, 0.3) is 5.91 Å². The number of benzene rings is 2. The summed E-state index contributed by atoms with van der Waals surface area (Å²) in [6.07, 6.45) is -4.45. The average molecular weight is 376 g/mol. The fourth-order valence-electron chi connectivity index (χ4n) is 2.44. The first-order chi connectivity index (χ1) is 12.8. The third-order valence-electron chi connectivity index (χ3n) is 3.88. The van der Waals surface area contributed by atoms with E-state index < -0.39 is 17.6 Å². The SMILES string of the molecule is COc1cccc2cc(C(C)=NNC(=O)c3ccc(C(F)(F)F)cc3)oc12. The molecule has 8 heteroatoms. The molecule has 1 heterocycles. The quantitative estimate of drug-likeness (QED) is 0.534. The Morgan fingerprint density at radius 1 is 1.15 bits per heavy atom. The Bertz CT molecular complexity index is 1010. The summed E-state index contributed by atoms with van der Waals surface area (Å²) in [6, 6.07) is 11.0. The molecule has 27 heavy (non-hydrogen) atoms. The van der Waals surface area contributed by atoms with E-state index in [9.17, 15) is 18.0 Å². The summed E-state index contributed by atoms with van der Waals surface area (Å²) in [5.41, 5.74) is 2.49. The molecular formula is C19H15F3N2O3. The number of hydrogen-bond acceptors (Lipinski definition) is 4. The van der Waals surface area contributed by atoms with E-state index in [4.69, 9.17) is 9.15 Å². The smallest absolute Gasteiger partial charge is 0.416 e. The molecule has 1 N–H and O–H groups in total. The van der Waals surface area contributed by atoms with Gasteiger partial charge in [-0.1, -0.05) is 12.1 Å². The molecule has 0 aliphatic rings. The number of nitrogens with zero attached hydrogens (tertiary/aromatic N) is 1. The van der Waals surface area contributed by atoms with E-state index in [0.717, 1.165) is 29.7 Å². The van der Waals surface area contributed by atoms with Crippen LogP contribution in [0, 0.1) is 0 Å². The van der Waals surface area contributed by atoms with Gasteiger partial charge < -0.3 is 9.15 Å². The van der Waals surface area contributed by atoms with E-state index in [1.165, 1.54) is 7.11 Å². The number of ether oxygens (including phenoxy) is 1. The molecule has 0 atom stereocenters. The van der Waals surface area contributed by atoms with E-state index in [-0.39, 0.29) is 5.56 Å². The van der Waals surface area contributed by atoms with Gasteiger partial charge >= 0.3 is 6.18 Å². The average Bonchev–Trinajstić information content (AvgIpc) is 3.09. The van der Waals surface area contributed by atoms with Gasteiger partial charge in [-0.2, -0.15) is 18.3 Å². The molecule has 3 rings (SSSR count). The lowest BCUT2D eigenvalue weighted by molar-refractivity contribution is -0.137. The van der Waals surface area contributed by atoms with Crippen molar-refractivity contribution in [3.63, 3.8) is 0 Å². The van der Waals surface area contributed by atoms with Gasteiger partial charge in [-0.05, 0) is 43.3 Å². The summed E-state index contributed by atoms with van der Waals surface area (Å²) in [7, 11) is 1.53. The molecule has 0 saturated carbocycles. The minimum Gasteiger partial charge on any atom is -0.493 e. The molecule has 0 spiro atoms. The highest BCUT2D eigenvalue weighted by molar-refractivity contribution is 6.02. The molecule has 140 valence electrons. The first-order valence-electron chi connectivity index (χ1n) is 7.88. The van der Waals surface area contributed by atoms with Crippen LogP contribution in [0.3, 0.4) is 0 Å². The van der Waals surface area contributed by atoms with Crippen LogP contribution in [0.25, 0.3) is 11.0 Å². The van der Waals surface area contributed by atoms with E-state index in [1.807, 2.05) is 12.1 Å². The Hall–Kier alpha value is -3.29. The summed E-state index contributed by atoms with van der Waals surface area (Å²) in [5.74, 6) is 0.374. The molecule has 0 radical (unpaired) electrons. The molecule has 3 aromatic rings. The molecule has 0 bridgehead atoms. The Kier molecular flexibility index (Phi) is 4.89. The van der Waals surface area contributed by atoms with Crippen molar-refractivity contribution in [3.05, 3.63) is 65.4 Å². The topological polar surface area (TPSA) is 63.8 Å². The summed E-state index contributed by atoms with van der Waals surface area (Å²) >= 11 is 0. The second-order valence-corrected chi connectivity index (χ2v) is 5.70. The van der Waals surface area contributed by atoms with E-state index in [0.29, 0.717) is 22.8 Å². The molecule has 0 aliphatic carbocycles. The van der Waals surface area contributed by atoms with Gasteiger partial charge in [-0.15, -0.1) is 0 Å². The number of halogens is 3. The summed E-state index contributed by atoms with van der Waals surface area (Å²) in [5, 5.41) is 4.77. The van der Waals surface area contributed by atoms with Crippen LogP contribution in [0.5, 0.6) is 5.75 Å². The highest BCUT2D eigenvalue weighted by Gasteiger charge is 2.30. The molecule has 0 unspecified atom stereocenters. The van der Waals surface area contributed by atoms with Crippen molar-refractivity contribution in [2.24, 2.45) is 5.10 Å². The zero-order valence-corrected chi connectivity index (χ0v) is 14.4. The van der Waals surface area contributed by atoms with Gasteiger partial charge in [0, 0.05) is 10.9 Å². The second-order valence-electron chi connectivity index (χ2n) is 5.70. The maximum atomic E-state index is 12.6. The molecular weight excluding hydrogens is 361 g/mol. The van der Waals surface area contributed by atoms with E-state index >= 15 is 0 Å². The number of carbonyl (C=O) groups excluding carboxylic acids is 1. The van der Waals surface area contributed by atoms with Crippen LogP contribution in [0.4, 0.5) is 13.2 Å². The van der Waals surface area contributed by atoms with Gasteiger partial charge in [0.1, 0.15) is 5.71 Å². The lowest BCUT2D eigenvalue weighted by Gasteiger charge is -2.07. The zero-order chi connectivity index (χ0) is 19.6. The number of para-hydroxylation sites is 1. The third-order valence-corrected chi connectivity index (χ3v) is 3.88. The number of hydrazone groups is 1. The normalized spacial score (nSPS) is 12.3. The standard InChI is InChI=1S/C19H15F3N2O3/c1-11(16-10-13-4-3-5-15(26-2)17(13)27-16)23-24-18(25)12-6-8-14(9-7-12)19(20,21)22/h3-10H,1-2H3,(H,24,25). The van der Waals surface area contributed by atoms with Crippen LogP contribution in [-0.4, -0.2) is 18.7 Å². The number of nitrogens with one attached hydrogen (secondary N) is 1. The molecule has 1 amide bonds. The molecule has 0 aliphatic heterocycles. The Morgan fingerprint density at radius 2 is 1.85 bits per heavy atom. The Morgan fingerprint density at radius 3 is 2.48 bits per heavy atom. The molecule has 0 saturated heterocycles. The number of amides is 1. The van der Waals surface area contributed by atoms with Gasteiger partial charge in [0.05, 0.1) is 12.7 Å². The number of fused-ring (bicyclic) bond motifs is 1. The molecule has 2 aromatic carbocycles. The largest absolute Gasteiger partial charge is 0.493 e. The van der Waals surface area contributed by atoms with Gasteiger partial charge in [-0.3, -0.25) is 4.79 Å². The van der Waals surface area contributed by atoms with Crippen molar-refractivity contribution in [2.45, 2.75) is 13.1 Å².